The summed E-state index contributed by atoms with van der Waals surface area (Å²) >= 11 is 0. The van der Waals surface area contributed by atoms with Gasteiger partial charge in [-0.3, -0.25) is 9.98 Å². The highest BCUT2D eigenvalue weighted by atomic mass is 127. The monoisotopic (exact) mass is 442 g/mol. The van der Waals surface area contributed by atoms with Crippen LogP contribution in [0.1, 0.15) is 17.7 Å². The number of guanidine groups is 1. The summed E-state index contributed by atoms with van der Waals surface area (Å²) in [6, 6.07) is 12.7. The summed E-state index contributed by atoms with van der Waals surface area (Å²) in [4.78, 5) is 8.48. The maximum atomic E-state index is 13.1. The van der Waals surface area contributed by atoms with Gasteiger partial charge in [0.15, 0.2) is 5.96 Å². The van der Waals surface area contributed by atoms with Crippen molar-refractivity contribution in [3.8, 4) is 0 Å². The van der Waals surface area contributed by atoms with Gasteiger partial charge in [0.25, 0.3) is 0 Å². The van der Waals surface area contributed by atoms with Gasteiger partial charge in [-0.05, 0) is 42.7 Å². The van der Waals surface area contributed by atoms with Gasteiger partial charge in [-0.15, -0.1) is 24.0 Å². The molecule has 0 aliphatic rings. The van der Waals surface area contributed by atoms with Gasteiger partial charge in [-0.25, -0.2) is 4.39 Å². The lowest BCUT2D eigenvalue weighted by Gasteiger charge is -2.11. The van der Waals surface area contributed by atoms with Gasteiger partial charge in [-0.2, -0.15) is 0 Å². The Morgan fingerprint density at radius 3 is 2.62 bits per heavy atom. The van der Waals surface area contributed by atoms with Crippen LogP contribution in [-0.2, 0) is 12.8 Å². The number of halogens is 2. The van der Waals surface area contributed by atoms with Gasteiger partial charge in [0.1, 0.15) is 5.82 Å². The molecule has 0 aliphatic heterocycles. The Bertz CT molecular complexity index is 619. The van der Waals surface area contributed by atoms with E-state index in [2.05, 4.69) is 20.6 Å². The number of pyridine rings is 1. The molecule has 1 heterocycles. The molecule has 0 amide bonds. The van der Waals surface area contributed by atoms with Crippen molar-refractivity contribution in [2.45, 2.75) is 19.3 Å². The molecule has 0 saturated heterocycles. The van der Waals surface area contributed by atoms with Crippen molar-refractivity contribution in [1.82, 2.24) is 15.6 Å². The predicted octanol–water partition coefficient (Wildman–Crippen LogP) is 3.18. The summed E-state index contributed by atoms with van der Waals surface area (Å²) in [5, 5.41) is 6.53. The van der Waals surface area contributed by atoms with Gasteiger partial charge in [0.2, 0.25) is 0 Å². The quantitative estimate of drug-likeness (QED) is 0.300. The molecule has 0 saturated carbocycles. The smallest absolute Gasteiger partial charge is 0.190 e. The van der Waals surface area contributed by atoms with E-state index in [1.54, 1.807) is 25.4 Å². The molecule has 6 heteroatoms. The molecule has 0 spiro atoms. The molecular weight excluding hydrogens is 418 g/mol. The second-order valence-electron chi connectivity index (χ2n) is 5.23. The Kier molecular flexibility index (Phi) is 9.98. The summed E-state index contributed by atoms with van der Waals surface area (Å²) in [5.41, 5.74) is 2.08. The summed E-state index contributed by atoms with van der Waals surface area (Å²) < 4.78 is 13.1. The third-order valence-corrected chi connectivity index (χ3v) is 3.45. The van der Waals surface area contributed by atoms with E-state index in [0.29, 0.717) is 0 Å². The van der Waals surface area contributed by atoms with E-state index in [0.717, 1.165) is 49.6 Å². The highest BCUT2D eigenvalue weighted by Gasteiger charge is 1.99. The highest BCUT2D eigenvalue weighted by Crippen LogP contribution is 2.05. The molecule has 2 rings (SSSR count). The Labute approximate surface area is 160 Å². The largest absolute Gasteiger partial charge is 0.356 e. The number of aryl methyl sites for hydroxylation is 1. The molecule has 0 atom stereocenters. The highest BCUT2D eigenvalue weighted by molar-refractivity contribution is 14.0. The van der Waals surface area contributed by atoms with Crippen LogP contribution in [0.3, 0.4) is 0 Å². The average molecular weight is 442 g/mol. The fourth-order valence-electron chi connectivity index (χ4n) is 2.27. The van der Waals surface area contributed by atoms with Crippen molar-refractivity contribution < 1.29 is 4.39 Å². The van der Waals surface area contributed by atoms with Gasteiger partial charge in [0.05, 0.1) is 0 Å². The number of benzene rings is 1. The molecule has 130 valence electrons. The SMILES string of the molecule is CN=C(NCCCc1cccc(F)c1)NCCc1ccccn1.I. The number of nitrogens with zero attached hydrogens (tertiary/aromatic N) is 2. The van der Waals surface area contributed by atoms with E-state index < -0.39 is 0 Å². The van der Waals surface area contributed by atoms with Gasteiger partial charge < -0.3 is 10.6 Å². The minimum absolute atomic E-state index is 0. The first-order chi connectivity index (χ1) is 11.3. The number of hydrogen-bond donors (Lipinski definition) is 2. The van der Waals surface area contributed by atoms with E-state index in [4.69, 9.17) is 0 Å². The minimum atomic E-state index is -0.178. The maximum absolute atomic E-state index is 13.1. The van der Waals surface area contributed by atoms with Gasteiger partial charge in [0, 0.05) is 38.4 Å². The number of nitrogens with one attached hydrogen (secondary N) is 2. The van der Waals surface area contributed by atoms with Crippen LogP contribution in [0, 0.1) is 5.82 Å². The van der Waals surface area contributed by atoms with E-state index in [1.165, 1.54) is 6.07 Å². The molecule has 24 heavy (non-hydrogen) atoms. The normalized spacial score (nSPS) is 10.8. The second-order valence-corrected chi connectivity index (χ2v) is 5.23. The van der Waals surface area contributed by atoms with E-state index in [1.807, 2.05) is 24.3 Å². The van der Waals surface area contributed by atoms with Crippen LogP contribution in [-0.4, -0.2) is 31.1 Å². The predicted molar refractivity (Wildman–Crippen MR) is 107 cm³/mol. The molecule has 2 aromatic rings. The van der Waals surface area contributed by atoms with Crippen molar-refractivity contribution in [3.05, 3.63) is 65.7 Å². The van der Waals surface area contributed by atoms with E-state index in [-0.39, 0.29) is 29.8 Å². The zero-order valence-corrected chi connectivity index (χ0v) is 16.2. The lowest BCUT2D eigenvalue weighted by molar-refractivity contribution is 0.624. The third-order valence-electron chi connectivity index (χ3n) is 3.45. The Hall–Kier alpha value is -1.70. The first kappa shape index (κ1) is 20.3. The molecule has 0 radical (unpaired) electrons. The van der Waals surface area contributed by atoms with E-state index in [9.17, 15) is 4.39 Å². The Balaban J connectivity index is 0.00000288. The van der Waals surface area contributed by atoms with Gasteiger partial charge >= 0.3 is 0 Å². The van der Waals surface area contributed by atoms with E-state index >= 15 is 0 Å². The fraction of sp³-hybridized carbons (Fsp3) is 0.333. The number of aromatic nitrogens is 1. The summed E-state index contributed by atoms with van der Waals surface area (Å²) in [5.74, 6) is 0.600. The summed E-state index contributed by atoms with van der Waals surface area (Å²) in [6.07, 6.45) is 4.42. The standard InChI is InChI=1S/C18H23FN4.HI/c1-20-18(23-13-10-17-9-2-3-11-21-17)22-12-5-7-15-6-4-8-16(19)14-15;/h2-4,6,8-9,11,14H,5,7,10,12-13H2,1H3,(H2,20,22,23);1H. The Morgan fingerprint density at radius 2 is 1.92 bits per heavy atom. The molecule has 0 aliphatic carbocycles. The summed E-state index contributed by atoms with van der Waals surface area (Å²) in [6.45, 7) is 1.57. The number of rotatable bonds is 7. The first-order valence-corrected chi connectivity index (χ1v) is 7.87. The van der Waals surface area contributed by atoms with Crippen LogP contribution in [0.4, 0.5) is 4.39 Å². The van der Waals surface area contributed by atoms with Crippen LogP contribution >= 0.6 is 24.0 Å². The molecule has 0 bridgehead atoms. The molecule has 4 nitrogen and oxygen atoms in total. The number of aliphatic imine (C=N–C) groups is 1. The molecular formula is C18H24FIN4. The van der Waals surface area contributed by atoms with Crippen LogP contribution in [0.25, 0.3) is 0 Å². The van der Waals surface area contributed by atoms with Crippen LogP contribution in [0.15, 0.2) is 53.7 Å². The first-order valence-electron chi connectivity index (χ1n) is 7.87. The Morgan fingerprint density at radius 1 is 1.08 bits per heavy atom. The maximum Gasteiger partial charge on any atom is 0.190 e. The van der Waals surface area contributed by atoms with Crippen molar-refractivity contribution in [2.24, 2.45) is 4.99 Å². The van der Waals surface area contributed by atoms with Crippen LogP contribution in [0.2, 0.25) is 0 Å². The zero-order valence-electron chi connectivity index (χ0n) is 13.8. The van der Waals surface area contributed by atoms with Crippen molar-refractivity contribution >= 4 is 29.9 Å². The van der Waals surface area contributed by atoms with Crippen molar-refractivity contribution in [1.29, 1.82) is 0 Å². The van der Waals surface area contributed by atoms with Gasteiger partial charge in [-0.1, -0.05) is 18.2 Å². The van der Waals surface area contributed by atoms with Crippen LogP contribution in [0.5, 0.6) is 0 Å². The van der Waals surface area contributed by atoms with Crippen LogP contribution < -0.4 is 10.6 Å². The molecule has 1 aromatic heterocycles. The second kappa shape index (κ2) is 11.8. The lowest BCUT2D eigenvalue weighted by atomic mass is 10.1. The third kappa shape index (κ3) is 7.72. The molecule has 0 fully saturated rings. The average Bonchev–Trinajstić information content (AvgIpc) is 2.58. The summed E-state index contributed by atoms with van der Waals surface area (Å²) in [7, 11) is 1.75. The minimum Gasteiger partial charge on any atom is -0.356 e. The van der Waals surface area contributed by atoms with Crippen molar-refractivity contribution in [2.75, 3.05) is 20.1 Å². The zero-order chi connectivity index (χ0) is 16.3. The van der Waals surface area contributed by atoms with Crippen molar-refractivity contribution in [3.63, 3.8) is 0 Å². The molecule has 2 N–H and O–H groups in total. The lowest BCUT2D eigenvalue weighted by Crippen LogP contribution is -2.38. The topological polar surface area (TPSA) is 49.3 Å². The fourth-order valence-corrected chi connectivity index (χ4v) is 2.27. The molecule has 0 unspecified atom stereocenters. The molecule has 1 aromatic carbocycles. The number of hydrogen-bond acceptors (Lipinski definition) is 2.